The van der Waals surface area contributed by atoms with Gasteiger partial charge in [-0.05, 0) is 72.8 Å². The first-order chi connectivity index (χ1) is 15.9. The summed E-state index contributed by atoms with van der Waals surface area (Å²) in [5, 5.41) is 0. The van der Waals surface area contributed by atoms with Crippen molar-refractivity contribution in [3.05, 3.63) is 77.6 Å². The third kappa shape index (κ3) is 3.59. The van der Waals surface area contributed by atoms with Gasteiger partial charge in [-0.25, -0.2) is 9.97 Å². The highest BCUT2D eigenvalue weighted by molar-refractivity contribution is 7.86. The molecule has 4 aromatic rings. The fourth-order valence-electron chi connectivity index (χ4n) is 3.96. The number of rotatable bonds is 2. The van der Waals surface area contributed by atoms with E-state index < -0.39 is 10.1 Å². The van der Waals surface area contributed by atoms with Crippen molar-refractivity contribution in [3.8, 4) is 11.3 Å². The van der Waals surface area contributed by atoms with Crippen molar-refractivity contribution in [2.45, 2.75) is 4.90 Å². The molecule has 2 aliphatic heterocycles. The van der Waals surface area contributed by atoms with Crippen LogP contribution in [0.4, 0.5) is 0 Å². The second kappa shape index (κ2) is 7.16. The van der Waals surface area contributed by atoms with Crippen molar-refractivity contribution in [2.75, 3.05) is 0 Å². The Hall–Kier alpha value is -4.21. The van der Waals surface area contributed by atoms with Gasteiger partial charge in [0.1, 0.15) is 10.7 Å². The predicted molar refractivity (Wildman–Crippen MR) is 126 cm³/mol. The van der Waals surface area contributed by atoms with Crippen molar-refractivity contribution in [1.29, 1.82) is 0 Å². The Kier molecular flexibility index (Phi) is 4.22. The van der Waals surface area contributed by atoms with E-state index in [0.717, 1.165) is 16.7 Å². The van der Waals surface area contributed by atoms with Gasteiger partial charge >= 0.3 is 0 Å². The van der Waals surface area contributed by atoms with Gasteiger partial charge in [0, 0.05) is 22.1 Å². The van der Waals surface area contributed by atoms with Crippen LogP contribution in [0.3, 0.4) is 0 Å². The molecule has 3 N–H and O–H groups in total. The lowest BCUT2D eigenvalue weighted by atomic mass is 10.2. The zero-order valence-electron chi connectivity index (χ0n) is 17.0. The highest BCUT2D eigenvalue weighted by Gasteiger charge is 2.23. The normalized spacial score (nSPS) is 13.0. The molecule has 162 valence electrons. The molecule has 0 saturated carbocycles. The van der Waals surface area contributed by atoms with Crippen LogP contribution in [0.5, 0.6) is 0 Å². The molecule has 0 aliphatic carbocycles. The molecule has 0 spiro atoms. The molecule has 33 heavy (non-hydrogen) atoms. The molecule has 0 fully saturated rings. The molecule has 9 heteroatoms. The number of aromatic nitrogens is 4. The van der Waals surface area contributed by atoms with Crippen LogP contribution in [0.2, 0.25) is 0 Å². The summed E-state index contributed by atoms with van der Waals surface area (Å²) in [7, 11) is -4.65. The van der Waals surface area contributed by atoms with Crippen molar-refractivity contribution >= 4 is 56.5 Å². The summed E-state index contributed by atoms with van der Waals surface area (Å²) in [5.74, 6) is 0.451. The van der Waals surface area contributed by atoms with Crippen LogP contribution < -0.4 is 0 Å². The molecule has 8 nitrogen and oxygen atoms in total. The molecule has 6 heterocycles. The zero-order valence-corrected chi connectivity index (χ0v) is 17.8. The number of furan rings is 1. The fraction of sp³-hybridized carbons (Fsp3) is 0. The molecule has 0 amide bonds. The summed E-state index contributed by atoms with van der Waals surface area (Å²) in [6.45, 7) is 0. The standard InChI is InChI=1S/C24H16N4O4S/c29-33(30,31)24-21-8-7-18(27-21)11-16-4-3-14(25-16)10-15-5-6-17(26-15)12-19-13-20(23(24)28-19)22-2-1-9-32-22/h1-13,26,28H,(H,29,30,31). The number of aromatic amines is 2. The molecule has 0 radical (unpaired) electrons. The van der Waals surface area contributed by atoms with Crippen LogP contribution in [0.1, 0.15) is 22.8 Å². The van der Waals surface area contributed by atoms with E-state index in [1.165, 1.54) is 6.26 Å². The quantitative estimate of drug-likeness (QED) is 0.309. The second-order valence-corrected chi connectivity index (χ2v) is 9.01. The minimum atomic E-state index is -4.65. The Morgan fingerprint density at radius 1 is 0.788 bits per heavy atom. The molecule has 2 aliphatic rings. The van der Waals surface area contributed by atoms with Crippen molar-refractivity contribution in [3.63, 3.8) is 0 Å². The van der Waals surface area contributed by atoms with Gasteiger partial charge in [0.25, 0.3) is 10.1 Å². The monoisotopic (exact) mass is 456 g/mol. The lowest BCUT2D eigenvalue weighted by Crippen LogP contribution is -2.02. The van der Waals surface area contributed by atoms with E-state index in [0.29, 0.717) is 28.2 Å². The first kappa shape index (κ1) is 19.5. The van der Waals surface area contributed by atoms with Crippen LogP contribution in [-0.4, -0.2) is 32.9 Å². The minimum Gasteiger partial charge on any atom is -0.464 e. The maximum Gasteiger partial charge on any atom is 0.298 e. The number of nitrogens with zero attached hydrogens (tertiary/aromatic N) is 2. The Balaban J connectivity index is 1.81. The van der Waals surface area contributed by atoms with Gasteiger partial charge in [0.2, 0.25) is 0 Å². The number of nitrogens with one attached hydrogen (secondary N) is 2. The van der Waals surface area contributed by atoms with Crippen LogP contribution in [0.25, 0.3) is 57.7 Å². The van der Waals surface area contributed by atoms with Crippen LogP contribution >= 0.6 is 0 Å². The second-order valence-electron chi connectivity index (χ2n) is 7.65. The van der Waals surface area contributed by atoms with Gasteiger partial charge < -0.3 is 14.4 Å². The van der Waals surface area contributed by atoms with E-state index in [2.05, 4.69) is 19.9 Å². The predicted octanol–water partition coefficient (Wildman–Crippen LogP) is 5.16. The Morgan fingerprint density at radius 3 is 2.27 bits per heavy atom. The van der Waals surface area contributed by atoms with Crippen molar-refractivity contribution < 1.29 is 17.4 Å². The first-order valence-corrected chi connectivity index (χ1v) is 11.5. The van der Waals surface area contributed by atoms with E-state index in [9.17, 15) is 13.0 Å². The third-order valence-electron chi connectivity index (χ3n) is 5.33. The Labute approximate surface area is 187 Å². The molecular weight excluding hydrogens is 440 g/mol. The third-order valence-corrected chi connectivity index (χ3v) is 6.26. The maximum absolute atomic E-state index is 12.5. The lowest BCUT2D eigenvalue weighted by molar-refractivity contribution is 0.483. The summed E-state index contributed by atoms with van der Waals surface area (Å²) in [5.41, 5.74) is 5.04. The molecule has 0 atom stereocenters. The van der Waals surface area contributed by atoms with Gasteiger partial charge in [-0.15, -0.1) is 0 Å². The summed E-state index contributed by atoms with van der Waals surface area (Å²) >= 11 is 0. The fourth-order valence-corrected chi connectivity index (χ4v) is 4.76. The van der Waals surface area contributed by atoms with Crippen LogP contribution in [0, 0.1) is 0 Å². The average molecular weight is 456 g/mol. The van der Waals surface area contributed by atoms with E-state index >= 15 is 0 Å². The summed E-state index contributed by atoms with van der Waals surface area (Å²) in [4.78, 5) is 15.1. The van der Waals surface area contributed by atoms with E-state index in [1.54, 1.807) is 36.4 Å². The smallest absolute Gasteiger partial charge is 0.298 e. The molecule has 8 bridgehead atoms. The summed E-state index contributed by atoms with van der Waals surface area (Å²) in [6.07, 6.45) is 8.47. The number of H-pyrrole nitrogens is 2. The summed E-state index contributed by atoms with van der Waals surface area (Å²) in [6, 6.07) is 14.5. The highest BCUT2D eigenvalue weighted by atomic mass is 32.2. The molecule has 0 saturated heterocycles. The zero-order chi connectivity index (χ0) is 22.6. The summed E-state index contributed by atoms with van der Waals surface area (Å²) < 4.78 is 40.8. The van der Waals surface area contributed by atoms with Gasteiger partial charge in [0.05, 0.1) is 34.6 Å². The largest absolute Gasteiger partial charge is 0.464 e. The molecule has 4 aromatic heterocycles. The molecule has 0 aromatic carbocycles. The lowest BCUT2D eigenvalue weighted by Gasteiger charge is -2.01. The first-order valence-electron chi connectivity index (χ1n) is 10.1. The van der Waals surface area contributed by atoms with Crippen LogP contribution in [0.15, 0.2) is 64.1 Å². The van der Waals surface area contributed by atoms with Crippen molar-refractivity contribution in [1.82, 2.24) is 19.9 Å². The maximum atomic E-state index is 12.5. The van der Waals surface area contributed by atoms with E-state index in [4.69, 9.17) is 4.42 Å². The van der Waals surface area contributed by atoms with E-state index in [1.807, 2.05) is 36.4 Å². The topological polar surface area (TPSA) is 125 Å². The van der Waals surface area contributed by atoms with Gasteiger partial charge in [-0.2, -0.15) is 8.42 Å². The molecule has 0 unspecified atom stereocenters. The average Bonchev–Trinajstić information content (AvgIpc) is 3.55. The minimum absolute atomic E-state index is 0.109. The molecular formula is C24H16N4O4S. The Morgan fingerprint density at radius 2 is 1.52 bits per heavy atom. The number of fused-ring (bicyclic) bond motifs is 8. The highest BCUT2D eigenvalue weighted by Crippen LogP contribution is 2.33. The number of hydrogen-bond donors (Lipinski definition) is 3. The Bertz CT molecular complexity index is 1740. The van der Waals surface area contributed by atoms with Gasteiger partial charge in [-0.3, -0.25) is 4.55 Å². The van der Waals surface area contributed by atoms with Gasteiger partial charge in [-0.1, -0.05) is 0 Å². The number of hydrogen-bond acceptors (Lipinski definition) is 5. The molecule has 6 rings (SSSR count). The van der Waals surface area contributed by atoms with Crippen LogP contribution in [-0.2, 0) is 10.1 Å². The SMILES string of the molecule is O=S(=O)(O)c1c2nc(cc3nc(cc4ccc(cc5cc(-c6ccco6)c1[nH]5)[nH]4)C=C3)C=C2. The van der Waals surface area contributed by atoms with E-state index in [-0.39, 0.29) is 16.1 Å². The van der Waals surface area contributed by atoms with Crippen molar-refractivity contribution in [2.24, 2.45) is 0 Å². The van der Waals surface area contributed by atoms with Gasteiger partial charge in [0.15, 0.2) is 0 Å².